The van der Waals surface area contributed by atoms with Gasteiger partial charge in [-0.15, -0.1) is 0 Å². The predicted molar refractivity (Wildman–Crippen MR) is 47.7 cm³/mol. The Hall–Kier alpha value is -1.09. The number of carbonyl (C=O) groups is 1. The summed E-state index contributed by atoms with van der Waals surface area (Å²) >= 11 is 5.50. The van der Waals surface area contributed by atoms with Crippen LogP contribution < -0.4 is 0 Å². The molecule has 0 amide bonds. The van der Waals surface area contributed by atoms with Crippen molar-refractivity contribution in [2.45, 2.75) is 13.3 Å². The maximum atomic E-state index is 13.1. The summed E-state index contributed by atoms with van der Waals surface area (Å²) < 4.78 is 13.1. The molecule has 70 valence electrons. The van der Waals surface area contributed by atoms with Gasteiger partial charge < -0.3 is 5.11 Å². The van der Waals surface area contributed by atoms with E-state index in [1.54, 1.807) is 0 Å². The lowest BCUT2D eigenvalue weighted by molar-refractivity contribution is 0.0692. The Kier molecular flexibility index (Phi) is 2.88. The van der Waals surface area contributed by atoms with Crippen LogP contribution in [0.25, 0.3) is 0 Å². The van der Waals surface area contributed by atoms with Gasteiger partial charge in [0.15, 0.2) is 5.82 Å². The van der Waals surface area contributed by atoms with Crippen LogP contribution in [-0.4, -0.2) is 11.1 Å². The van der Waals surface area contributed by atoms with E-state index in [0.29, 0.717) is 12.0 Å². The number of hydrogen-bond donors (Lipinski definition) is 1. The van der Waals surface area contributed by atoms with Gasteiger partial charge in [-0.3, -0.25) is 0 Å². The van der Waals surface area contributed by atoms with E-state index in [1.807, 2.05) is 6.92 Å². The van der Waals surface area contributed by atoms with E-state index in [9.17, 15) is 9.18 Å². The Bertz CT molecular complexity index is 350. The Morgan fingerprint density at radius 2 is 2.23 bits per heavy atom. The minimum absolute atomic E-state index is 0.142. The van der Waals surface area contributed by atoms with Crippen LogP contribution in [0.3, 0.4) is 0 Å². The third kappa shape index (κ3) is 1.98. The molecule has 0 saturated heterocycles. The summed E-state index contributed by atoms with van der Waals surface area (Å²) in [6, 6.07) is 2.73. The Morgan fingerprint density at radius 3 is 2.69 bits per heavy atom. The third-order valence-electron chi connectivity index (χ3n) is 1.73. The molecule has 0 heterocycles. The topological polar surface area (TPSA) is 37.3 Å². The fourth-order valence-corrected chi connectivity index (χ4v) is 1.25. The molecule has 1 aromatic carbocycles. The molecule has 4 heteroatoms. The van der Waals surface area contributed by atoms with Crippen molar-refractivity contribution in [1.29, 1.82) is 0 Å². The molecular weight excluding hydrogens is 195 g/mol. The molecule has 0 aliphatic carbocycles. The normalized spacial score (nSPS) is 10.1. The van der Waals surface area contributed by atoms with E-state index in [4.69, 9.17) is 16.7 Å². The van der Waals surface area contributed by atoms with Gasteiger partial charge in [-0.2, -0.15) is 0 Å². The molecule has 0 unspecified atom stereocenters. The van der Waals surface area contributed by atoms with Crippen molar-refractivity contribution in [2.75, 3.05) is 0 Å². The number of benzene rings is 1. The first kappa shape index (κ1) is 9.99. The van der Waals surface area contributed by atoms with Crippen LogP contribution in [0.5, 0.6) is 0 Å². The van der Waals surface area contributed by atoms with Gasteiger partial charge in [0.25, 0.3) is 0 Å². The number of rotatable bonds is 2. The second-order valence-corrected chi connectivity index (χ2v) is 3.01. The lowest BCUT2D eigenvalue weighted by Gasteiger charge is -2.03. The molecule has 0 fully saturated rings. The highest BCUT2D eigenvalue weighted by atomic mass is 35.5. The standard InChI is InChI=1S/C9H8ClFO2/c1-2-5-3-6(9(12)13)8(11)7(10)4-5/h3-4H,2H2,1H3,(H,12,13). The third-order valence-corrected chi connectivity index (χ3v) is 2.00. The molecule has 0 atom stereocenters. The first-order valence-electron chi connectivity index (χ1n) is 3.77. The predicted octanol–water partition coefficient (Wildman–Crippen LogP) is 2.74. The van der Waals surface area contributed by atoms with Crippen LogP contribution in [0, 0.1) is 5.82 Å². The maximum Gasteiger partial charge on any atom is 0.338 e. The second-order valence-electron chi connectivity index (χ2n) is 2.60. The SMILES string of the molecule is CCc1cc(Cl)c(F)c(C(=O)O)c1. The summed E-state index contributed by atoms with van der Waals surface area (Å²) in [4.78, 5) is 10.5. The highest BCUT2D eigenvalue weighted by Gasteiger charge is 2.14. The number of carboxylic acids is 1. The minimum Gasteiger partial charge on any atom is -0.478 e. The highest BCUT2D eigenvalue weighted by Crippen LogP contribution is 2.21. The molecule has 0 spiro atoms. The Morgan fingerprint density at radius 1 is 1.62 bits per heavy atom. The van der Waals surface area contributed by atoms with Crippen LogP contribution in [0.4, 0.5) is 4.39 Å². The monoisotopic (exact) mass is 202 g/mol. The second kappa shape index (κ2) is 3.75. The van der Waals surface area contributed by atoms with Gasteiger partial charge in [0.05, 0.1) is 10.6 Å². The van der Waals surface area contributed by atoms with Crippen molar-refractivity contribution in [3.63, 3.8) is 0 Å². The summed E-state index contributed by atoms with van der Waals surface area (Å²) in [6.45, 7) is 1.84. The molecule has 0 aliphatic heterocycles. The van der Waals surface area contributed by atoms with Crippen LogP contribution in [0.1, 0.15) is 22.8 Å². The Balaban J connectivity index is 3.33. The highest BCUT2D eigenvalue weighted by molar-refractivity contribution is 6.31. The molecule has 0 bridgehead atoms. The number of aromatic carboxylic acids is 1. The van der Waals surface area contributed by atoms with E-state index in [2.05, 4.69) is 0 Å². The van der Waals surface area contributed by atoms with E-state index in [0.717, 1.165) is 0 Å². The van der Waals surface area contributed by atoms with Crippen molar-refractivity contribution < 1.29 is 14.3 Å². The molecule has 1 aromatic rings. The first-order valence-corrected chi connectivity index (χ1v) is 4.15. The van der Waals surface area contributed by atoms with Gasteiger partial charge in [-0.05, 0) is 24.1 Å². The van der Waals surface area contributed by atoms with Gasteiger partial charge in [0.2, 0.25) is 0 Å². The van der Waals surface area contributed by atoms with E-state index >= 15 is 0 Å². The molecule has 13 heavy (non-hydrogen) atoms. The average molecular weight is 203 g/mol. The minimum atomic E-state index is -1.30. The van der Waals surface area contributed by atoms with Gasteiger partial charge in [-0.25, -0.2) is 9.18 Å². The molecule has 0 aliphatic rings. The lowest BCUT2D eigenvalue weighted by atomic mass is 10.1. The maximum absolute atomic E-state index is 13.1. The zero-order valence-electron chi connectivity index (χ0n) is 6.97. The smallest absolute Gasteiger partial charge is 0.338 e. The lowest BCUT2D eigenvalue weighted by Crippen LogP contribution is -2.02. The fourth-order valence-electron chi connectivity index (χ4n) is 1.00. The number of aryl methyl sites for hydroxylation is 1. The molecule has 2 nitrogen and oxygen atoms in total. The quantitative estimate of drug-likeness (QED) is 0.801. The van der Waals surface area contributed by atoms with Crippen molar-refractivity contribution in [1.82, 2.24) is 0 Å². The van der Waals surface area contributed by atoms with Gasteiger partial charge in [0.1, 0.15) is 0 Å². The fraction of sp³-hybridized carbons (Fsp3) is 0.222. The molecule has 0 saturated carbocycles. The number of carboxylic acid groups (broad SMARTS) is 1. The van der Waals surface area contributed by atoms with Crippen LogP contribution in [0.15, 0.2) is 12.1 Å². The molecular formula is C9H8ClFO2. The zero-order chi connectivity index (χ0) is 10.0. The zero-order valence-corrected chi connectivity index (χ0v) is 7.73. The summed E-state index contributed by atoms with van der Waals surface area (Å²) in [5.74, 6) is -2.17. The average Bonchev–Trinajstić information content (AvgIpc) is 2.09. The first-order chi connectivity index (χ1) is 6.06. The summed E-state index contributed by atoms with van der Waals surface area (Å²) in [7, 11) is 0. The summed E-state index contributed by atoms with van der Waals surface area (Å²) in [6.07, 6.45) is 0.625. The largest absolute Gasteiger partial charge is 0.478 e. The molecule has 0 aromatic heterocycles. The van der Waals surface area contributed by atoms with Crippen molar-refractivity contribution in [2.24, 2.45) is 0 Å². The Labute approximate surface area is 80.0 Å². The van der Waals surface area contributed by atoms with E-state index in [-0.39, 0.29) is 10.6 Å². The number of hydrogen-bond acceptors (Lipinski definition) is 1. The molecule has 0 radical (unpaired) electrons. The number of halogens is 2. The van der Waals surface area contributed by atoms with E-state index in [1.165, 1.54) is 12.1 Å². The van der Waals surface area contributed by atoms with Gasteiger partial charge in [0, 0.05) is 0 Å². The molecule has 1 N–H and O–H groups in total. The van der Waals surface area contributed by atoms with Crippen LogP contribution >= 0.6 is 11.6 Å². The summed E-state index contributed by atoms with van der Waals surface area (Å²) in [5, 5.41) is 8.47. The van der Waals surface area contributed by atoms with Crippen LogP contribution in [0.2, 0.25) is 5.02 Å². The van der Waals surface area contributed by atoms with Gasteiger partial charge in [-0.1, -0.05) is 18.5 Å². The van der Waals surface area contributed by atoms with Gasteiger partial charge >= 0.3 is 5.97 Å². The van der Waals surface area contributed by atoms with Crippen LogP contribution in [-0.2, 0) is 6.42 Å². The summed E-state index contributed by atoms with van der Waals surface area (Å²) in [5.41, 5.74) is 0.341. The van der Waals surface area contributed by atoms with E-state index < -0.39 is 11.8 Å². The van der Waals surface area contributed by atoms with Crippen molar-refractivity contribution in [3.8, 4) is 0 Å². The van der Waals surface area contributed by atoms with Crippen molar-refractivity contribution >= 4 is 17.6 Å². The van der Waals surface area contributed by atoms with Crippen molar-refractivity contribution in [3.05, 3.63) is 34.1 Å². The molecule has 1 rings (SSSR count).